The molecule has 35 heavy (non-hydrogen) atoms. The van der Waals surface area contributed by atoms with Crippen LogP contribution in [0.25, 0.3) is 0 Å². The molecular weight excluding hydrogens is 463 g/mol. The zero-order valence-electron chi connectivity index (χ0n) is 19.6. The predicted octanol–water partition coefficient (Wildman–Crippen LogP) is 4.90. The number of carbonyl (C=O) groups is 3. The fourth-order valence-electron chi connectivity index (χ4n) is 4.65. The number of cyclic esters (lactones) is 1. The van der Waals surface area contributed by atoms with E-state index in [4.69, 9.17) is 9.47 Å². The summed E-state index contributed by atoms with van der Waals surface area (Å²) in [5.74, 6) is -6.04. The van der Waals surface area contributed by atoms with Crippen LogP contribution in [0.5, 0.6) is 0 Å². The second-order valence-corrected chi connectivity index (χ2v) is 10.1. The second-order valence-electron chi connectivity index (χ2n) is 10.1. The molecule has 2 aromatic carbocycles. The number of hydrogen-bond donors (Lipinski definition) is 0. The topological polar surface area (TPSA) is 72.9 Å². The Morgan fingerprint density at radius 1 is 1.09 bits per heavy atom. The zero-order valence-corrected chi connectivity index (χ0v) is 19.6. The molecule has 0 bridgehead atoms. The number of amides is 2. The maximum atomic E-state index is 14.6. The predicted molar refractivity (Wildman–Crippen MR) is 119 cm³/mol. The van der Waals surface area contributed by atoms with E-state index in [-0.39, 0.29) is 18.6 Å². The minimum absolute atomic E-state index is 0.0328. The van der Waals surface area contributed by atoms with Gasteiger partial charge >= 0.3 is 12.1 Å². The first-order chi connectivity index (χ1) is 16.4. The van der Waals surface area contributed by atoms with E-state index in [2.05, 4.69) is 0 Å². The van der Waals surface area contributed by atoms with Gasteiger partial charge in [0.1, 0.15) is 18.0 Å². The van der Waals surface area contributed by atoms with Gasteiger partial charge in [0.25, 0.3) is 0 Å². The van der Waals surface area contributed by atoms with Crippen LogP contribution in [0.2, 0.25) is 0 Å². The molecular formula is C26H26F3NO5. The third kappa shape index (κ3) is 5.04. The molecule has 1 heterocycles. The first kappa shape index (κ1) is 24.8. The molecule has 2 unspecified atom stereocenters. The zero-order chi connectivity index (χ0) is 25.5. The molecule has 0 radical (unpaired) electrons. The third-order valence-electron chi connectivity index (χ3n) is 6.29. The number of nitrogens with zero attached hydrogens (tertiary/aromatic N) is 1. The summed E-state index contributed by atoms with van der Waals surface area (Å²) >= 11 is 0. The van der Waals surface area contributed by atoms with Crippen molar-refractivity contribution in [2.75, 3.05) is 6.61 Å². The largest absolute Gasteiger partial charge is 0.460 e. The fourth-order valence-corrected chi connectivity index (χ4v) is 4.65. The highest BCUT2D eigenvalue weighted by Crippen LogP contribution is 2.63. The molecule has 0 spiro atoms. The first-order valence-corrected chi connectivity index (χ1v) is 11.3. The van der Waals surface area contributed by atoms with E-state index in [0.717, 1.165) is 10.5 Å². The smallest absolute Gasteiger partial charge is 0.417 e. The Kier molecular flexibility index (Phi) is 6.38. The van der Waals surface area contributed by atoms with Gasteiger partial charge in [0.05, 0.1) is 17.9 Å². The van der Waals surface area contributed by atoms with Crippen LogP contribution in [0, 0.1) is 22.9 Å². The highest BCUT2D eigenvalue weighted by molar-refractivity contribution is 6.01. The quantitative estimate of drug-likeness (QED) is 0.426. The number of rotatable bonds is 6. The minimum atomic E-state index is -1.55. The van der Waals surface area contributed by atoms with Crippen LogP contribution in [-0.2, 0) is 25.5 Å². The van der Waals surface area contributed by atoms with Gasteiger partial charge in [0.15, 0.2) is 11.6 Å². The van der Waals surface area contributed by atoms with Gasteiger partial charge in [-0.25, -0.2) is 22.9 Å². The third-order valence-corrected chi connectivity index (χ3v) is 6.29. The first-order valence-electron chi connectivity index (χ1n) is 11.3. The van der Waals surface area contributed by atoms with Crippen LogP contribution < -0.4 is 0 Å². The van der Waals surface area contributed by atoms with Crippen LogP contribution in [0.15, 0.2) is 42.5 Å². The van der Waals surface area contributed by atoms with Crippen LogP contribution >= 0.6 is 0 Å². The lowest BCUT2D eigenvalue weighted by atomic mass is 9.92. The van der Waals surface area contributed by atoms with E-state index in [1.54, 1.807) is 20.8 Å². The fraction of sp³-hybridized carbons (Fsp3) is 0.423. The van der Waals surface area contributed by atoms with Crippen molar-refractivity contribution in [1.29, 1.82) is 0 Å². The van der Waals surface area contributed by atoms with Crippen molar-refractivity contribution in [1.82, 2.24) is 4.90 Å². The van der Waals surface area contributed by atoms with Gasteiger partial charge in [-0.15, -0.1) is 0 Å². The molecule has 2 aromatic rings. The summed E-state index contributed by atoms with van der Waals surface area (Å²) in [6, 6.07) is 9.65. The molecule has 2 fully saturated rings. The van der Waals surface area contributed by atoms with Crippen molar-refractivity contribution in [3.8, 4) is 0 Å². The summed E-state index contributed by atoms with van der Waals surface area (Å²) in [6.45, 7) is 4.94. The lowest BCUT2D eigenvalue weighted by Gasteiger charge is -2.27. The molecule has 6 nitrogen and oxygen atoms in total. The molecule has 1 saturated heterocycles. The Morgan fingerprint density at radius 2 is 1.74 bits per heavy atom. The summed E-state index contributed by atoms with van der Waals surface area (Å²) in [5, 5.41) is 0. The maximum absolute atomic E-state index is 14.6. The van der Waals surface area contributed by atoms with E-state index >= 15 is 0 Å². The molecule has 3 atom stereocenters. The number of benzene rings is 2. The maximum Gasteiger partial charge on any atom is 0.417 e. The lowest BCUT2D eigenvalue weighted by Crippen LogP contribution is -2.45. The average molecular weight is 489 g/mol. The summed E-state index contributed by atoms with van der Waals surface area (Å²) in [4.78, 5) is 40.1. The van der Waals surface area contributed by atoms with Crippen LogP contribution in [0.3, 0.4) is 0 Å². The molecule has 0 N–H and O–H groups in total. The van der Waals surface area contributed by atoms with Crippen molar-refractivity contribution in [3.63, 3.8) is 0 Å². The number of esters is 1. The van der Waals surface area contributed by atoms with Crippen molar-refractivity contribution in [2.45, 2.75) is 57.6 Å². The molecule has 9 heteroatoms. The Hall–Kier alpha value is -3.36. The highest BCUT2D eigenvalue weighted by atomic mass is 19.2. The van der Waals surface area contributed by atoms with Gasteiger partial charge < -0.3 is 9.47 Å². The van der Waals surface area contributed by atoms with Crippen molar-refractivity contribution < 1.29 is 37.0 Å². The van der Waals surface area contributed by atoms with Gasteiger partial charge in [-0.2, -0.15) is 0 Å². The summed E-state index contributed by atoms with van der Waals surface area (Å²) in [6.07, 6.45) is -1.02. The second kappa shape index (κ2) is 9.02. The summed E-state index contributed by atoms with van der Waals surface area (Å²) < 4.78 is 52.6. The number of carbonyl (C=O) groups excluding carboxylic acids is 3. The normalized spacial score (nSPS) is 23.7. The molecule has 2 aliphatic rings. The monoisotopic (exact) mass is 489 g/mol. The van der Waals surface area contributed by atoms with Gasteiger partial charge in [-0.1, -0.05) is 30.3 Å². The Balaban J connectivity index is 1.67. The SMILES string of the molecule is CC(C)(C)OC(=O)CC1(C(=O)N2C(=O)OC[C@@H]2Cc2ccccc2)CC1c1cc(F)c(F)cc1F. The summed E-state index contributed by atoms with van der Waals surface area (Å²) in [7, 11) is 0. The molecule has 0 aromatic heterocycles. The molecule has 4 rings (SSSR count). The Morgan fingerprint density at radius 3 is 2.40 bits per heavy atom. The number of hydrogen-bond acceptors (Lipinski definition) is 5. The van der Waals surface area contributed by atoms with E-state index in [0.29, 0.717) is 18.6 Å². The van der Waals surface area contributed by atoms with Crippen LogP contribution in [0.1, 0.15) is 50.7 Å². The van der Waals surface area contributed by atoms with Crippen LogP contribution in [-0.4, -0.2) is 41.1 Å². The molecule has 1 aliphatic heterocycles. The van der Waals surface area contributed by atoms with Crippen molar-refractivity contribution >= 4 is 18.0 Å². The number of ether oxygens (including phenoxy) is 2. The number of imide groups is 1. The van der Waals surface area contributed by atoms with Crippen LogP contribution in [0.4, 0.5) is 18.0 Å². The van der Waals surface area contributed by atoms with E-state index < -0.39 is 64.8 Å². The Bertz CT molecular complexity index is 1160. The van der Waals surface area contributed by atoms with Gasteiger partial charge in [0.2, 0.25) is 5.91 Å². The standard InChI is InChI=1S/C26H26F3NO5/c1-25(2,3)35-22(31)13-26(12-18(26)17-10-20(28)21(29)11-19(17)27)23(32)30-16(14-34-24(30)33)9-15-7-5-4-6-8-15/h4-8,10-11,16,18H,9,12-14H2,1-3H3/t16-,18?,26?/m0/s1. The van der Waals surface area contributed by atoms with Gasteiger partial charge in [-0.3, -0.25) is 9.59 Å². The van der Waals surface area contributed by atoms with E-state index in [1.807, 2.05) is 30.3 Å². The van der Waals surface area contributed by atoms with Gasteiger partial charge in [-0.05, 0) is 50.8 Å². The van der Waals surface area contributed by atoms with Crippen molar-refractivity contribution in [2.24, 2.45) is 5.41 Å². The number of halogens is 3. The molecule has 1 saturated carbocycles. The average Bonchev–Trinajstić information content (AvgIpc) is 3.36. The van der Waals surface area contributed by atoms with E-state index in [9.17, 15) is 27.6 Å². The molecule has 2 amide bonds. The minimum Gasteiger partial charge on any atom is -0.460 e. The van der Waals surface area contributed by atoms with E-state index in [1.165, 1.54) is 0 Å². The summed E-state index contributed by atoms with van der Waals surface area (Å²) in [5.41, 5.74) is -1.76. The molecule has 1 aliphatic carbocycles. The van der Waals surface area contributed by atoms with Crippen molar-refractivity contribution in [3.05, 3.63) is 71.0 Å². The van der Waals surface area contributed by atoms with Gasteiger partial charge in [0, 0.05) is 12.0 Å². The lowest BCUT2D eigenvalue weighted by molar-refractivity contribution is -0.159. The Labute approximate surface area is 201 Å². The highest BCUT2D eigenvalue weighted by Gasteiger charge is 2.65. The molecule has 186 valence electrons.